The number of amides is 1. The maximum Gasteiger partial charge on any atom is 0.407 e. The second kappa shape index (κ2) is 8.81. The lowest BCUT2D eigenvalue weighted by atomic mass is 10.2. The Morgan fingerprint density at radius 3 is 2.00 bits per heavy atom. The molecular weight excluding hydrogens is 226 g/mol. The molecule has 0 saturated heterocycles. The number of aliphatic carboxylic acids is 1. The van der Waals surface area contributed by atoms with Crippen LogP contribution in [-0.4, -0.2) is 40.5 Å². The van der Waals surface area contributed by atoms with Crippen LogP contribution in [0.25, 0.3) is 0 Å². The smallest absolute Gasteiger partial charge is 0.407 e. The molecule has 6 nitrogen and oxygen atoms in total. The Kier molecular flexibility index (Phi) is 9.36. The zero-order valence-electron chi connectivity index (χ0n) is 11.1. The number of aliphatic hydroxyl groups is 1. The fourth-order valence-corrected chi connectivity index (χ4v) is 0.541. The van der Waals surface area contributed by atoms with Crippen LogP contribution in [-0.2, 0) is 9.53 Å². The summed E-state index contributed by atoms with van der Waals surface area (Å²) < 4.78 is 4.99. The third-order valence-electron chi connectivity index (χ3n) is 1.28. The third kappa shape index (κ3) is 17.3. The summed E-state index contributed by atoms with van der Waals surface area (Å²) in [6.45, 7) is 9.41. The zero-order valence-corrected chi connectivity index (χ0v) is 11.1. The summed E-state index contributed by atoms with van der Waals surface area (Å²) in [5.41, 5.74) is -0.391. The van der Waals surface area contributed by atoms with Crippen LogP contribution in [0.1, 0.15) is 41.0 Å². The molecule has 0 aromatic carbocycles. The van der Waals surface area contributed by atoms with E-state index in [2.05, 4.69) is 5.32 Å². The number of aliphatic hydroxyl groups excluding tert-OH is 1. The minimum absolute atomic E-state index is 0.334. The molecule has 1 atom stereocenters. The number of carbonyl (C=O) groups is 2. The summed E-state index contributed by atoms with van der Waals surface area (Å²) in [5.74, 6) is -1.19. The Hall–Kier alpha value is -1.30. The van der Waals surface area contributed by atoms with E-state index < -0.39 is 17.7 Å². The molecule has 0 spiro atoms. The third-order valence-corrected chi connectivity index (χ3v) is 1.28. The quantitative estimate of drug-likeness (QED) is 0.702. The second-order valence-electron chi connectivity index (χ2n) is 4.44. The van der Waals surface area contributed by atoms with Gasteiger partial charge in [-0.05, 0) is 34.1 Å². The van der Waals surface area contributed by atoms with Crippen molar-refractivity contribution in [3.8, 4) is 0 Å². The Morgan fingerprint density at radius 2 is 1.76 bits per heavy atom. The molecule has 0 radical (unpaired) electrons. The van der Waals surface area contributed by atoms with Gasteiger partial charge in [-0.25, -0.2) is 9.59 Å². The zero-order chi connectivity index (χ0) is 14.1. The van der Waals surface area contributed by atoms with E-state index >= 15 is 0 Å². The lowest BCUT2D eigenvalue weighted by Crippen LogP contribution is -2.32. The lowest BCUT2D eigenvalue weighted by Gasteiger charge is -2.19. The molecule has 1 amide bonds. The van der Waals surface area contributed by atoms with Gasteiger partial charge in [-0.3, -0.25) is 0 Å². The molecule has 102 valence electrons. The number of hydrogen-bond donors (Lipinski definition) is 3. The number of alkyl carbamates (subject to hydrolysis) is 1. The summed E-state index contributed by atoms with van der Waals surface area (Å²) in [6, 6.07) is 0. The van der Waals surface area contributed by atoms with Gasteiger partial charge in [0.2, 0.25) is 0 Å². The highest BCUT2D eigenvalue weighted by Gasteiger charge is 2.14. The van der Waals surface area contributed by atoms with E-state index in [-0.39, 0.29) is 6.09 Å². The summed E-state index contributed by atoms with van der Waals surface area (Å²) >= 11 is 0. The van der Waals surface area contributed by atoms with Gasteiger partial charge < -0.3 is 20.3 Å². The van der Waals surface area contributed by atoms with Crippen molar-refractivity contribution in [2.24, 2.45) is 0 Å². The summed E-state index contributed by atoms with van der Waals surface area (Å²) in [7, 11) is 0. The van der Waals surface area contributed by atoms with Crippen LogP contribution < -0.4 is 5.32 Å². The predicted molar refractivity (Wildman–Crippen MR) is 63.8 cm³/mol. The molecule has 0 rings (SSSR count). The molecule has 0 bridgehead atoms. The number of rotatable bonds is 3. The summed E-state index contributed by atoms with van der Waals surface area (Å²) in [4.78, 5) is 20.3. The fourth-order valence-electron chi connectivity index (χ4n) is 0.541. The van der Waals surface area contributed by atoms with Crippen molar-refractivity contribution in [2.45, 2.75) is 52.7 Å². The number of carbonyl (C=O) groups excluding carboxylic acids is 1. The Labute approximate surface area is 102 Å². The van der Waals surface area contributed by atoms with E-state index in [0.717, 1.165) is 6.42 Å². The number of ether oxygens (including phenoxy) is 1. The molecule has 0 heterocycles. The van der Waals surface area contributed by atoms with Crippen LogP contribution in [0.3, 0.4) is 0 Å². The molecule has 17 heavy (non-hydrogen) atoms. The average molecular weight is 249 g/mol. The van der Waals surface area contributed by atoms with Crippen LogP contribution >= 0.6 is 0 Å². The Morgan fingerprint density at radius 1 is 1.35 bits per heavy atom. The van der Waals surface area contributed by atoms with Gasteiger partial charge in [-0.2, -0.15) is 0 Å². The van der Waals surface area contributed by atoms with Crippen molar-refractivity contribution < 1.29 is 24.5 Å². The van der Waals surface area contributed by atoms with Gasteiger partial charge >= 0.3 is 12.1 Å². The molecule has 0 fully saturated rings. The van der Waals surface area contributed by atoms with E-state index in [1.165, 1.54) is 6.92 Å². The SMILES string of the molecule is CC(O)C(=O)O.CCCNC(=O)OC(C)(C)C. The van der Waals surface area contributed by atoms with Gasteiger partial charge in [-0.15, -0.1) is 0 Å². The summed E-state index contributed by atoms with van der Waals surface area (Å²) in [6.07, 6.45) is -0.636. The van der Waals surface area contributed by atoms with Crippen LogP contribution in [0.15, 0.2) is 0 Å². The van der Waals surface area contributed by atoms with Gasteiger partial charge in [0, 0.05) is 6.54 Å². The first kappa shape index (κ1) is 18.1. The van der Waals surface area contributed by atoms with Crippen molar-refractivity contribution in [2.75, 3.05) is 6.54 Å². The van der Waals surface area contributed by atoms with E-state index in [0.29, 0.717) is 6.54 Å². The van der Waals surface area contributed by atoms with Crippen molar-refractivity contribution in [1.29, 1.82) is 0 Å². The molecule has 0 aliphatic rings. The Balaban J connectivity index is 0. The van der Waals surface area contributed by atoms with Crippen LogP contribution in [0.2, 0.25) is 0 Å². The van der Waals surface area contributed by atoms with Crippen molar-refractivity contribution in [1.82, 2.24) is 5.32 Å². The maximum absolute atomic E-state index is 10.9. The van der Waals surface area contributed by atoms with Gasteiger partial charge in [0.25, 0.3) is 0 Å². The van der Waals surface area contributed by atoms with E-state index in [1.54, 1.807) is 0 Å². The topological polar surface area (TPSA) is 95.9 Å². The summed E-state index contributed by atoms with van der Waals surface area (Å²) in [5, 5.41) is 18.4. The standard InChI is InChI=1S/C8H17NO2.C3H6O3/c1-5-6-9-7(10)11-8(2,3)4;1-2(4)3(5)6/h5-6H2,1-4H3,(H,9,10);2,4H,1H3,(H,5,6). The molecule has 0 aliphatic carbocycles. The lowest BCUT2D eigenvalue weighted by molar-refractivity contribution is -0.145. The molecular formula is C11H23NO5. The minimum atomic E-state index is -1.23. The van der Waals surface area contributed by atoms with Crippen molar-refractivity contribution in [3.05, 3.63) is 0 Å². The second-order valence-corrected chi connectivity index (χ2v) is 4.44. The first-order chi connectivity index (χ1) is 7.60. The molecule has 0 aliphatic heterocycles. The molecule has 0 saturated carbocycles. The molecule has 3 N–H and O–H groups in total. The molecule has 0 aromatic heterocycles. The van der Waals surface area contributed by atoms with Gasteiger partial charge in [0.05, 0.1) is 0 Å². The highest BCUT2D eigenvalue weighted by Crippen LogP contribution is 2.05. The molecule has 1 unspecified atom stereocenters. The van der Waals surface area contributed by atoms with E-state index in [1.807, 2.05) is 27.7 Å². The largest absolute Gasteiger partial charge is 0.479 e. The minimum Gasteiger partial charge on any atom is -0.479 e. The highest BCUT2D eigenvalue weighted by molar-refractivity contribution is 5.71. The van der Waals surface area contributed by atoms with Crippen molar-refractivity contribution in [3.63, 3.8) is 0 Å². The van der Waals surface area contributed by atoms with Crippen molar-refractivity contribution >= 4 is 12.1 Å². The first-order valence-electron chi connectivity index (χ1n) is 5.47. The van der Waals surface area contributed by atoms with Crippen LogP contribution in [0, 0.1) is 0 Å². The van der Waals surface area contributed by atoms with E-state index in [9.17, 15) is 9.59 Å². The molecule has 0 aromatic rings. The number of carboxylic acids is 1. The monoisotopic (exact) mass is 249 g/mol. The normalized spacial score (nSPS) is 11.9. The van der Waals surface area contributed by atoms with Crippen LogP contribution in [0.4, 0.5) is 4.79 Å². The highest BCUT2D eigenvalue weighted by atomic mass is 16.6. The van der Waals surface area contributed by atoms with Gasteiger partial charge in [0.1, 0.15) is 11.7 Å². The average Bonchev–Trinajstić information content (AvgIpc) is 2.12. The van der Waals surface area contributed by atoms with E-state index in [4.69, 9.17) is 14.9 Å². The fraction of sp³-hybridized carbons (Fsp3) is 0.818. The first-order valence-corrected chi connectivity index (χ1v) is 5.47. The number of carboxylic acid groups (broad SMARTS) is 1. The number of hydrogen-bond acceptors (Lipinski definition) is 4. The van der Waals surface area contributed by atoms with Gasteiger partial charge in [0.15, 0.2) is 0 Å². The van der Waals surface area contributed by atoms with Crippen LogP contribution in [0.5, 0.6) is 0 Å². The maximum atomic E-state index is 10.9. The van der Waals surface area contributed by atoms with Gasteiger partial charge in [-0.1, -0.05) is 6.92 Å². The predicted octanol–water partition coefficient (Wildman–Crippen LogP) is 1.37. The number of nitrogens with one attached hydrogen (secondary N) is 1. The molecule has 6 heteroatoms. The Bertz CT molecular complexity index is 233.